The van der Waals surface area contributed by atoms with Crippen molar-refractivity contribution in [3.05, 3.63) is 47.0 Å². The quantitative estimate of drug-likeness (QED) is 0.711. The van der Waals surface area contributed by atoms with Crippen molar-refractivity contribution in [3.63, 3.8) is 0 Å². The molecule has 4 rings (SSSR count). The lowest BCUT2D eigenvalue weighted by Gasteiger charge is -2.33. The lowest BCUT2D eigenvalue weighted by molar-refractivity contribution is -0.120. The third-order valence-electron chi connectivity index (χ3n) is 5.40. The number of benzene rings is 1. The van der Waals surface area contributed by atoms with Crippen LogP contribution in [0.25, 0.3) is 11.1 Å². The van der Waals surface area contributed by atoms with Gasteiger partial charge in [-0.1, -0.05) is 0 Å². The second-order valence-electron chi connectivity index (χ2n) is 7.46. The summed E-state index contributed by atoms with van der Waals surface area (Å²) in [4.78, 5) is 23.8. The summed E-state index contributed by atoms with van der Waals surface area (Å²) in [6.45, 7) is 6.82. The Balaban J connectivity index is 1.60. The summed E-state index contributed by atoms with van der Waals surface area (Å²) in [6.07, 6.45) is 1.44. The number of carbonyl (C=O) groups is 1. The number of aryl methyl sites for hydroxylation is 3. The molecule has 0 bridgehead atoms. The normalized spacial score (nSPS) is 17.0. The van der Waals surface area contributed by atoms with Crippen LogP contribution in [-0.4, -0.2) is 29.0 Å². The van der Waals surface area contributed by atoms with Crippen molar-refractivity contribution in [2.24, 2.45) is 5.92 Å². The second kappa shape index (κ2) is 7.42. The van der Waals surface area contributed by atoms with E-state index in [1.54, 1.807) is 6.92 Å². The van der Waals surface area contributed by atoms with E-state index < -0.39 is 11.6 Å². The van der Waals surface area contributed by atoms with Crippen LogP contribution < -0.4 is 10.2 Å². The SMILES string of the molecule is Cc1nc(N2CCC[C@H](C(=O)Nc3cc(F)ccc3F)C2)c2c(C)c(C)oc2n1. The molecule has 29 heavy (non-hydrogen) atoms. The topological polar surface area (TPSA) is 71.3 Å². The van der Waals surface area contributed by atoms with Crippen LogP contribution in [0.15, 0.2) is 22.6 Å². The van der Waals surface area contributed by atoms with Crippen LogP contribution in [0.3, 0.4) is 0 Å². The number of amides is 1. The number of nitrogens with zero attached hydrogens (tertiary/aromatic N) is 3. The van der Waals surface area contributed by atoms with Gasteiger partial charge in [0.05, 0.1) is 17.0 Å². The summed E-state index contributed by atoms with van der Waals surface area (Å²) in [5, 5.41) is 3.38. The maximum Gasteiger partial charge on any atom is 0.231 e. The Labute approximate surface area is 166 Å². The van der Waals surface area contributed by atoms with E-state index in [2.05, 4.69) is 20.2 Å². The fourth-order valence-corrected chi connectivity index (χ4v) is 3.77. The van der Waals surface area contributed by atoms with E-state index in [4.69, 9.17) is 4.42 Å². The average molecular weight is 400 g/mol. The molecule has 1 amide bonds. The summed E-state index contributed by atoms with van der Waals surface area (Å²) in [5.41, 5.74) is 1.37. The number of halogens is 2. The molecular weight excluding hydrogens is 378 g/mol. The predicted molar refractivity (Wildman–Crippen MR) is 106 cm³/mol. The maximum absolute atomic E-state index is 13.9. The molecule has 152 valence electrons. The van der Waals surface area contributed by atoms with E-state index in [-0.39, 0.29) is 17.5 Å². The van der Waals surface area contributed by atoms with Crippen molar-refractivity contribution in [2.45, 2.75) is 33.6 Å². The summed E-state index contributed by atoms with van der Waals surface area (Å²) in [5.74, 6) is 0.160. The minimum Gasteiger partial charge on any atom is -0.443 e. The molecule has 0 aliphatic carbocycles. The van der Waals surface area contributed by atoms with Gasteiger partial charge in [-0.2, -0.15) is 4.98 Å². The summed E-state index contributed by atoms with van der Waals surface area (Å²) in [6, 6.07) is 3.01. The molecule has 1 atom stereocenters. The zero-order valence-corrected chi connectivity index (χ0v) is 16.6. The first-order chi connectivity index (χ1) is 13.8. The first-order valence-electron chi connectivity index (χ1n) is 9.58. The number of hydrogen-bond acceptors (Lipinski definition) is 5. The highest BCUT2D eigenvalue weighted by molar-refractivity contribution is 5.94. The smallest absolute Gasteiger partial charge is 0.231 e. The largest absolute Gasteiger partial charge is 0.443 e. The van der Waals surface area contributed by atoms with Gasteiger partial charge in [-0.05, 0) is 45.7 Å². The number of fused-ring (bicyclic) bond motifs is 1. The number of anilines is 2. The van der Waals surface area contributed by atoms with Gasteiger partial charge in [0.2, 0.25) is 11.6 Å². The van der Waals surface area contributed by atoms with E-state index in [0.717, 1.165) is 53.7 Å². The Bertz CT molecular complexity index is 1100. The molecule has 1 aliphatic heterocycles. The monoisotopic (exact) mass is 400 g/mol. The Morgan fingerprint density at radius 2 is 2.03 bits per heavy atom. The van der Waals surface area contributed by atoms with Crippen molar-refractivity contribution < 1.29 is 18.0 Å². The van der Waals surface area contributed by atoms with Crippen molar-refractivity contribution in [2.75, 3.05) is 23.3 Å². The van der Waals surface area contributed by atoms with Gasteiger partial charge in [-0.25, -0.2) is 13.8 Å². The number of piperidine rings is 1. The Morgan fingerprint density at radius 1 is 1.24 bits per heavy atom. The lowest BCUT2D eigenvalue weighted by Crippen LogP contribution is -2.41. The lowest BCUT2D eigenvalue weighted by atomic mass is 9.96. The molecular formula is C21H22F2N4O2. The molecule has 2 aromatic heterocycles. The van der Waals surface area contributed by atoms with E-state index in [9.17, 15) is 13.6 Å². The molecule has 1 N–H and O–H groups in total. The van der Waals surface area contributed by atoms with E-state index in [0.29, 0.717) is 24.5 Å². The molecule has 1 aromatic carbocycles. The average Bonchev–Trinajstić information content (AvgIpc) is 2.97. The molecule has 1 saturated heterocycles. The number of furan rings is 1. The number of aromatic nitrogens is 2. The first-order valence-corrected chi connectivity index (χ1v) is 9.58. The molecule has 3 aromatic rings. The fourth-order valence-electron chi connectivity index (χ4n) is 3.77. The third-order valence-corrected chi connectivity index (χ3v) is 5.40. The molecule has 6 nitrogen and oxygen atoms in total. The van der Waals surface area contributed by atoms with E-state index in [1.165, 1.54) is 0 Å². The van der Waals surface area contributed by atoms with Crippen LogP contribution in [0.2, 0.25) is 0 Å². The second-order valence-corrected chi connectivity index (χ2v) is 7.46. The van der Waals surface area contributed by atoms with Crippen LogP contribution in [0.5, 0.6) is 0 Å². The van der Waals surface area contributed by atoms with E-state index in [1.807, 2.05) is 13.8 Å². The maximum atomic E-state index is 13.9. The van der Waals surface area contributed by atoms with Crippen molar-refractivity contribution >= 4 is 28.5 Å². The van der Waals surface area contributed by atoms with Gasteiger partial charge in [-0.15, -0.1) is 0 Å². The van der Waals surface area contributed by atoms with Gasteiger partial charge < -0.3 is 14.6 Å². The standard InChI is InChI=1S/C21H22F2N4O2/c1-11-12(2)29-21-18(11)19(24-13(3)25-21)27-8-4-5-14(10-27)20(28)26-17-9-15(22)6-7-16(17)23/h6-7,9,14H,4-5,8,10H2,1-3H3,(H,26,28)/t14-/m0/s1. The molecule has 0 unspecified atom stereocenters. The molecule has 0 saturated carbocycles. The molecule has 0 spiro atoms. The zero-order valence-electron chi connectivity index (χ0n) is 16.6. The Kier molecular flexibility index (Phi) is 4.94. The minimum atomic E-state index is -0.662. The van der Waals surface area contributed by atoms with Crippen LogP contribution >= 0.6 is 0 Å². The Hall–Kier alpha value is -3.03. The van der Waals surface area contributed by atoms with Crippen LogP contribution in [0.4, 0.5) is 20.3 Å². The van der Waals surface area contributed by atoms with Gasteiger partial charge in [-0.3, -0.25) is 4.79 Å². The van der Waals surface area contributed by atoms with Crippen molar-refractivity contribution in [1.82, 2.24) is 9.97 Å². The molecule has 1 fully saturated rings. The van der Waals surface area contributed by atoms with Gasteiger partial charge in [0.1, 0.15) is 29.0 Å². The Morgan fingerprint density at radius 3 is 2.83 bits per heavy atom. The number of hydrogen-bond donors (Lipinski definition) is 1. The van der Waals surface area contributed by atoms with Crippen molar-refractivity contribution in [3.8, 4) is 0 Å². The van der Waals surface area contributed by atoms with Gasteiger partial charge in [0, 0.05) is 24.7 Å². The van der Waals surface area contributed by atoms with E-state index >= 15 is 0 Å². The summed E-state index contributed by atoms with van der Waals surface area (Å²) >= 11 is 0. The molecule has 1 aliphatic rings. The van der Waals surface area contributed by atoms with Gasteiger partial charge in [0.25, 0.3) is 0 Å². The predicted octanol–water partition coefficient (Wildman–Crippen LogP) is 4.28. The zero-order chi connectivity index (χ0) is 20.7. The highest BCUT2D eigenvalue weighted by Crippen LogP contribution is 2.33. The van der Waals surface area contributed by atoms with Crippen molar-refractivity contribution in [1.29, 1.82) is 0 Å². The summed E-state index contributed by atoms with van der Waals surface area (Å²) < 4.78 is 33.0. The highest BCUT2D eigenvalue weighted by atomic mass is 19.1. The minimum absolute atomic E-state index is 0.145. The van der Waals surface area contributed by atoms with Crippen LogP contribution in [-0.2, 0) is 4.79 Å². The van der Waals surface area contributed by atoms with Gasteiger partial charge in [0.15, 0.2) is 0 Å². The van der Waals surface area contributed by atoms with Crippen LogP contribution in [0, 0.1) is 38.3 Å². The number of rotatable bonds is 3. The highest BCUT2D eigenvalue weighted by Gasteiger charge is 2.29. The molecule has 8 heteroatoms. The fraction of sp³-hybridized carbons (Fsp3) is 0.381. The van der Waals surface area contributed by atoms with Gasteiger partial charge >= 0.3 is 0 Å². The summed E-state index contributed by atoms with van der Waals surface area (Å²) in [7, 11) is 0. The third kappa shape index (κ3) is 3.66. The first kappa shape index (κ1) is 19.3. The molecule has 0 radical (unpaired) electrons. The van der Waals surface area contributed by atoms with Crippen LogP contribution in [0.1, 0.15) is 30.0 Å². The molecule has 3 heterocycles. The number of nitrogens with one attached hydrogen (secondary N) is 1. The number of carbonyl (C=O) groups excluding carboxylic acids is 1.